The molecule has 0 bridgehead atoms. The lowest BCUT2D eigenvalue weighted by atomic mass is 10.1. The van der Waals surface area contributed by atoms with E-state index >= 15 is 0 Å². The van der Waals surface area contributed by atoms with E-state index in [-0.39, 0.29) is 28.5 Å². The molecule has 1 atom stereocenters. The maximum Gasteiger partial charge on any atom is 0.338 e. The standard InChI is InChI=1S/C19H19NO5S/c1-25-19(22)17-10-6-5-9-16(17)18(21)20-12-11-15(13-20)26(23,24)14-7-3-2-4-8-14/h2-10,15H,11-13H2,1H3. The largest absolute Gasteiger partial charge is 0.465 e. The highest BCUT2D eigenvalue weighted by atomic mass is 32.2. The van der Waals surface area contributed by atoms with Crippen molar-refractivity contribution in [2.24, 2.45) is 0 Å². The van der Waals surface area contributed by atoms with E-state index < -0.39 is 21.1 Å². The van der Waals surface area contributed by atoms with Crippen molar-refractivity contribution in [2.45, 2.75) is 16.6 Å². The van der Waals surface area contributed by atoms with Gasteiger partial charge in [0, 0.05) is 13.1 Å². The number of hydrogen-bond acceptors (Lipinski definition) is 5. The molecule has 136 valence electrons. The van der Waals surface area contributed by atoms with Crippen LogP contribution in [0.3, 0.4) is 0 Å². The number of amides is 1. The third-order valence-corrected chi connectivity index (χ3v) is 6.70. The van der Waals surface area contributed by atoms with Crippen LogP contribution in [-0.2, 0) is 14.6 Å². The normalized spacial score (nSPS) is 17.1. The van der Waals surface area contributed by atoms with Crippen LogP contribution in [0.5, 0.6) is 0 Å². The van der Waals surface area contributed by atoms with Crippen molar-refractivity contribution in [1.82, 2.24) is 4.90 Å². The van der Waals surface area contributed by atoms with E-state index in [2.05, 4.69) is 0 Å². The zero-order valence-electron chi connectivity index (χ0n) is 14.3. The van der Waals surface area contributed by atoms with E-state index in [0.717, 1.165) is 0 Å². The highest BCUT2D eigenvalue weighted by Gasteiger charge is 2.37. The minimum Gasteiger partial charge on any atom is -0.465 e. The number of hydrogen-bond donors (Lipinski definition) is 0. The Morgan fingerprint density at radius 3 is 2.27 bits per heavy atom. The summed E-state index contributed by atoms with van der Waals surface area (Å²) in [6.45, 7) is 0.427. The summed E-state index contributed by atoms with van der Waals surface area (Å²) in [4.78, 5) is 26.4. The van der Waals surface area contributed by atoms with Crippen LogP contribution in [0.15, 0.2) is 59.5 Å². The molecular weight excluding hydrogens is 354 g/mol. The Hall–Kier alpha value is -2.67. The molecule has 2 aromatic carbocycles. The number of carbonyl (C=O) groups is 2. The van der Waals surface area contributed by atoms with Gasteiger partial charge in [-0.1, -0.05) is 30.3 Å². The second kappa shape index (κ2) is 7.29. The molecule has 0 saturated carbocycles. The van der Waals surface area contributed by atoms with Gasteiger partial charge in [-0.3, -0.25) is 4.79 Å². The number of carbonyl (C=O) groups excluding carboxylic acids is 2. The molecule has 7 heteroatoms. The first-order valence-corrected chi connectivity index (χ1v) is 9.75. The topological polar surface area (TPSA) is 80.8 Å². The monoisotopic (exact) mass is 373 g/mol. The van der Waals surface area contributed by atoms with Crippen molar-refractivity contribution in [1.29, 1.82) is 0 Å². The van der Waals surface area contributed by atoms with Crippen LogP contribution < -0.4 is 0 Å². The molecule has 0 aliphatic carbocycles. The Labute approximate surface area is 152 Å². The van der Waals surface area contributed by atoms with Gasteiger partial charge >= 0.3 is 5.97 Å². The predicted molar refractivity (Wildman–Crippen MR) is 95.7 cm³/mol. The molecule has 1 fully saturated rings. The van der Waals surface area contributed by atoms with Crippen LogP contribution in [0.25, 0.3) is 0 Å². The lowest BCUT2D eigenvalue weighted by molar-refractivity contribution is 0.0592. The van der Waals surface area contributed by atoms with Gasteiger partial charge in [0.05, 0.1) is 28.4 Å². The molecule has 1 amide bonds. The van der Waals surface area contributed by atoms with Gasteiger partial charge < -0.3 is 9.64 Å². The number of methoxy groups -OCH3 is 1. The molecule has 0 radical (unpaired) electrons. The highest BCUT2D eigenvalue weighted by Crippen LogP contribution is 2.25. The van der Waals surface area contributed by atoms with Crippen LogP contribution in [0.2, 0.25) is 0 Å². The Bertz CT molecular complexity index is 924. The van der Waals surface area contributed by atoms with E-state index in [9.17, 15) is 18.0 Å². The number of esters is 1. The minimum atomic E-state index is -3.50. The van der Waals surface area contributed by atoms with Crippen molar-refractivity contribution in [3.63, 3.8) is 0 Å². The number of likely N-dealkylation sites (tertiary alicyclic amines) is 1. The Balaban J connectivity index is 1.82. The summed E-state index contributed by atoms with van der Waals surface area (Å²) in [5.41, 5.74) is 0.395. The van der Waals surface area contributed by atoms with Gasteiger partial charge in [0.15, 0.2) is 9.84 Å². The van der Waals surface area contributed by atoms with Crippen LogP contribution in [0.4, 0.5) is 0 Å². The molecule has 1 saturated heterocycles. The van der Waals surface area contributed by atoms with Crippen LogP contribution in [-0.4, -0.2) is 50.6 Å². The number of nitrogens with zero attached hydrogens (tertiary/aromatic N) is 1. The summed E-state index contributed by atoms with van der Waals surface area (Å²) in [7, 11) is -2.25. The van der Waals surface area contributed by atoms with Gasteiger partial charge in [-0.25, -0.2) is 13.2 Å². The molecule has 1 heterocycles. The van der Waals surface area contributed by atoms with Crippen LogP contribution in [0.1, 0.15) is 27.1 Å². The van der Waals surface area contributed by atoms with E-state index in [0.29, 0.717) is 13.0 Å². The summed E-state index contributed by atoms with van der Waals surface area (Å²) < 4.78 is 30.2. The molecule has 3 rings (SSSR count). The molecule has 6 nitrogen and oxygen atoms in total. The SMILES string of the molecule is COC(=O)c1ccccc1C(=O)N1CCC(S(=O)(=O)c2ccccc2)C1. The summed E-state index contributed by atoms with van der Waals surface area (Å²) in [5, 5.41) is -0.654. The average Bonchev–Trinajstić information content (AvgIpc) is 3.18. The van der Waals surface area contributed by atoms with Crippen LogP contribution in [0, 0.1) is 0 Å². The van der Waals surface area contributed by atoms with Gasteiger partial charge in [-0.15, -0.1) is 0 Å². The fourth-order valence-corrected chi connectivity index (χ4v) is 4.81. The molecular formula is C19H19NO5S. The summed E-state index contributed by atoms with van der Waals surface area (Å²) in [6, 6.07) is 14.6. The fourth-order valence-electron chi connectivity index (χ4n) is 3.10. The summed E-state index contributed by atoms with van der Waals surface area (Å²) in [5.74, 6) is -0.960. The van der Waals surface area contributed by atoms with Gasteiger partial charge in [-0.05, 0) is 30.7 Å². The number of ether oxygens (including phenoxy) is 1. The van der Waals surface area contributed by atoms with E-state index in [1.807, 2.05) is 0 Å². The third-order valence-electron chi connectivity index (χ3n) is 4.51. The number of rotatable bonds is 4. The first-order chi connectivity index (χ1) is 12.4. The maximum atomic E-state index is 12.8. The van der Waals surface area contributed by atoms with Gasteiger partial charge in [-0.2, -0.15) is 0 Å². The average molecular weight is 373 g/mol. The van der Waals surface area contributed by atoms with Crippen molar-refractivity contribution < 1.29 is 22.7 Å². The Morgan fingerprint density at radius 2 is 1.62 bits per heavy atom. The van der Waals surface area contributed by atoms with Crippen molar-refractivity contribution >= 4 is 21.7 Å². The van der Waals surface area contributed by atoms with E-state index in [1.165, 1.54) is 18.1 Å². The molecule has 1 aliphatic heterocycles. The Kier molecular flexibility index (Phi) is 5.08. The lowest BCUT2D eigenvalue weighted by Crippen LogP contribution is -2.32. The van der Waals surface area contributed by atoms with Crippen molar-refractivity contribution in [3.05, 3.63) is 65.7 Å². The summed E-state index contributed by atoms with van der Waals surface area (Å²) >= 11 is 0. The Morgan fingerprint density at radius 1 is 1.00 bits per heavy atom. The second-order valence-electron chi connectivity index (χ2n) is 6.06. The van der Waals surface area contributed by atoms with Gasteiger partial charge in [0.1, 0.15) is 0 Å². The van der Waals surface area contributed by atoms with E-state index in [1.54, 1.807) is 48.5 Å². The quantitative estimate of drug-likeness (QED) is 0.767. The zero-order valence-corrected chi connectivity index (χ0v) is 15.1. The molecule has 1 aliphatic rings. The van der Waals surface area contributed by atoms with Gasteiger partial charge in [0.2, 0.25) is 0 Å². The second-order valence-corrected chi connectivity index (χ2v) is 8.29. The first-order valence-electron chi connectivity index (χ1n) is 8.20. The van der Waals surface area contributed by atoms with Gasteiger partial charge in [0.25, 0.3) is 5.91 Å². The molecule has 1 unspecified atom stereocenters. The highest BCUT2D eigenvalue weighted by molar-refractivity contribution is 7.92. The number of sulfone groups is 1. The number of benzene rings is 2. The van der Waals surface area contributed by atoms with Crippen molar-refractivity contribution in [3.8, 4) is 0 Å². The third kappa shape index (κ3) is 3.35. The molecule has 0 N–H and O–H groups in total. The molecule has 2 aromatic rings. The first kappa shape index (κ1) is 18.1. The molecule has 0 aromatic heterocycles. The smallest absolute Gasteiger partial charge is 0.338 e. The molecule has 26 heavy (non-hydrogen) atoms. The van der Waals surface area contributed by atoms with Crippen molar-refractivity contribution in [2.75, 3.05) is 20.2 Å². The van der Waals surface area contributed by atoms with E-state index in [4.69, 9.17) is 4.74 Å². The lowest BCUT2D eigenvalue weighted by Gasteiger charge is -2.18. The van der Waals surface area contributed by atoms with Crippen LogP contribution >= 0.6 is 0 Å². The molecule has 0 spiro atoms. The predicted octanol–water partition coefficient (Wildman–Crippen LogP) is 2.16. The minimum absolute atomic E-state index is 0.103. The maximum absolute atomic E-state index is 12.8. The summed E-state index contributed by atoms with van der Waals surface area (Å²) in [6.07, 6.45) is 0.364. The zero-order chi connectivity index (χ0) is 18.7. The fraction of sp³-hybridized carbons (Fsp3) is 0.263.